The number of nitrogens with one attached hydrogen (secondary N) is 1. The van der Waals surface area contributed by atoms with Crippen molar-refractivity contribution >= 4 is 23.2 Å². The summed E-state index contributed by atoms with van der Waals surface area (Å²) in [6.07, 6.45) is 0.413. The van der Waals surface area contributed by atoms with Gasteiger partial charge in [0.1, 0.15) is 5.01 Å². The van der Waals surface area contributed by atoms with Crippen molar-refractivity contribution in [2.45, 2.75) is 26.8 Å². The molecule has 0 aliphatic heterocycles. The van der Waals surface area contributed by atoms with E-state index in [-0.39, 0.29) is 11.6 Å². The number of hydrogen-bond acceptors (Lipinski definition) is 4. The Kier molecular flexibility index (Phi) is 3.79. The molecule has 0 radical (unpaired) electrons. The minimum Gasteiger partial charge on any atom is -0.476 e. The highest BCUT2D eigenvalue weighted by Gasteiger charge is 2.13. The number of aryl methyl sites for hydroxylation is 1. The quantitative estimate of drug-likeness (QED) is 0.811. The van der Waals surface area contributed by atoms with Crippen molar-refractivity contribution in [1.29, 1.82) is 0 Å². The molecule has 0 fully saturated rings. The molecule has 2 N–H and O–H groups in total. The molecule has 0 unspecified atom stereocenters. The zero-order valence-electron chi connectivity index (χ0n) is 8.53. The Bertz CT molecular complexity index is 387. The van der Waals surface area contributed by atoms with Crippen LogP contribution in [-0.4, -0.2) is 22.0 Å². The summed E-state index contributed by atoms with van der Waals surface area (Å²) in [6.45, 7) is 3.75. The highest BCUT2D eigenvalue weighted by Crippen LogP contribution is 2.17. The van der Waals surface area contributed by atoms with Gasteiger partial charge in [-0.2, -0.15) is 0 Å². The van der Waals surface area contributed by atoms with Gasteiger partial charge in [-0.05, 0) is 6.92 Å². The average Bonchev–Trinajstić information content (AvgIpc) is 2.56. The number of aromatic carboxylic acids is 1. The van der Waals surface area contributed by atoms with E-state index in [2.05, 4.69) is 10.3 Å². The first-order valence-electron chi connectivity index (χ1n) is 4.51. The molecular weight excluding hydrogens is 216 g/mol. The molecule has 1 amide bonds. The number of carbonyl (C=O) groups excluding carboxylic acids is 1. The minimum absolute atomic E-state index is 0.0697. The first-order valence-corrected chi connectivity index (χ1v) is 5.32. The first-order chi connectivity index (χ1) is 7.04. The van der Waals surface area contributed by atoms with Crippen LogP contribution in [0.3, 0.4) is 0 Å². The molecule has 0 saturated heterocycles. The monoisotopic (exact) mass is 228 g/mol. The van der Waals surface area contributed by atoms with Gasteiger partial charge in [-0.25, -0.2) is 9.78 Å². The zero-order valence-corrected chi connectivity index (χ0v) is 9.35. The van der Waals surface area contributed by atoms with Crippen molar-refractivity contribution < 1.29 is 14.7 Å². The van der Waals surface area contributed by atoms with E-state index in [1.165, 1.54) is 11.3 Å². The van der Waals surface area contributed by atoms with Crippen molar-refractivity contribution in [3.63, 3.8) is 0 Å². The lowest BCUT2D eigenvalue weighted by Crippen LogP contribution is -2.21. The number of carbonyl (C=O) groups is 2. The van der Waals surface area contributed by atoms with Gasteiger partial charge in [-0.1, -0.05) is 6.92 Å². The third-order valence-corrected chi connectivity index (χ3v) is 2.77. The van der Waals surface area contributed by atoms with E-state index in [4.69, 9.17) is 5.11 Å². The largest absolute Gasteiger partial charge is 0.476 e. The number of hydrogen-bond donors (Lipinski definition) is 2. The predicted molar refractivity (Wildman–Crippen MR) is 55.9 cm³/mol. The number of thiazole rings is 1. The van der Waals surface area contributed by atoms with Crippen LogP contribution >= 0.6 is 11.3 Å². The fourth-order valence-electron chi connectivity index (χ4n) is 1.02. The van der Waals surface area contributed by atoms with Gasteiger partial charge in [0.2, 0.25) is 5.91 Å². The van der Waals surface area contributed by atoms with E-state index in [1.54, 1.807) is 13.8 Å². The molecule has 0 bridgehead atoms. The number of amides is 1. The molecule has 6 heteroatoms. The Morgan fingerprint density at radius 1 is 1.53 bits per heavy atom. The van der Waals surface area contributed by atoms with Crippen molar-refractivity contribution in [2.24, 2.45) is 0 Å². The van der Waals surface area contributed by atoms with Crippen molar-refractivity contribution in [3.05, 3.63) is 15.6 Å². The molecule has 0 spiro atoms. The number of rotatable bonds is 4. The highest BCUT2D eigenvalue weighted by atomic mass is 32.1. The Morgan fingerprint density at radius 3 is 2.67 bits per heavy atom. The normalized spacial score (nSPS) is 10.0. The van der Waals surface area contributed by atoms with E-state index >= 15 is 0 Å². The smallest absolute Gasteiger partial charge is 0.355 e. The van der Waals surface area contributed by atoms with Gasteiger partial charge in [0.25, 0.3) is 0 Å². The Hall–Kier alpha value is -1.43. The van der Waals surface area contributed by atoms with Gasteiger partial charge < -0.3 is 10.4 Å². The highest BCUT2D eigenvalue weighted by molar-refractivity contribution is 7.11. The summed E-state index contributed by atoms with van der Waals surface area (Å²) in [4.78, 5) is 26.2. The first kappa shape index (κ1) is 11.6. The molecule has 0 aliphatic carbocycles. The van der Waals surface area contributed by atoms with Gasteiger partial charge >= 0.3 is 5.97 Å². The molecule has 0 saturated carbocycles. The summed E-state index contributed by atoms with van der Waals surface area (Å²) in [7, 11) is 0. The van der Waals surface area contributed by atoms with E-state index in [0.29, 0.717) is 22.9 Å². The van der Waals surface area contributed by atoms with E-state index in [0.717, 1.165) is 0 Å². The second-order valence-electron chi connectivity index (χ2n) is 2.95. The van der Waals surface area contributed by atoms with Crippen LogP contribution in [0.1, 0.15) is 33.7 Å². The van der Waals surface area contributed by atoms with Crippen LogP contribution in [0, 0.1) is 6.92 Å². The zero-order chi connectivity index (χ0) is 11.4. The molecule has 1 aromatic rings. The van der Waals surface area contributed by atoms with Crippen LogP contribution in [-0.2, 0) is 11.3 Å². The molecule has 0 atom stereocenters. The predicted octanol–water partition coefficient (Wildman–Crippen LogP) is 1.18. The minimum atomic E-state index is -1.03. The lowest BCUT2D eigenvalue weighted by molar-refractivity contribution is -0.120. The fourth-order valence-corrected chi connectivity index (χ4v) is 1.89. The Labute approximate surface area is 91.1 Å². The van der Waals surface area contributed by atoms with Crippen LogP contribution in [0.5, 0.6) is 0 Å². The fraction of sp³-hybridized carbons (Fsp3) is 0.444. The van der Waals surface area contributed by atoms with Gasteiger partial charge in [0, 0.05) is 11.3 Å². The van der Waals surface area contributed by atoms with E-state index < -0.39 is 5.97 Å². The summed E-state index contributed by atoms with van der Waals surface area (Å²) in [5, 5.41) is 12.0. The van der Waals surface area contributed by atoms with E-state index in [9.17, 15) is 9.59 Å². The number of nitrogens with zero attached hydrogens (tertiary/aromatic N) is 1. The van der Waals surface area contributed by atoms with Gasteiger partial charge in [0.05, 0.1) is 6.54 Å². The molecular formula is C9H12N2O3S. The van der Waals surface area contributed by atoms with Crippen LogP contribution in [0.25, 0.3) is 0 Å². The van der Waals surface area contributed by atoms with Crippen LogP contribution < -0.4 is 5.32 Å². The standard InChI is InChI=1S/C9H12N2O3S/c1-3-6(12)10-4-7-11-8(9(13)14)5(2)15-7/h3-4H2,1-2H3,(H,10,12)(H,13,14). The number of aromatic nitrogens is 1. The summed E-state index contributed by atoms with van der Waals surface area (Å²) >= 11 is 1.29. The number of carboxylic acid groups (broad SMARTS) is 1. The van der Waals surface area contributed by atoms with Crippen LogP contribution in [0.2, 0.25) is 0 Å². The maximum Gasteiger partial charge on any atom is 0.355 e. The molecule has 5 nitrogen and oxygen atoms in total. The molecule has 15 heavy (non-hydrogen) atoms. The average molecular weight is 228 g/mol. The summed E-state index contributed by atoms with van der Waals surface area (Å²) in [6, 6.07) is 0. The van der Waals surface area contributed by atoms with E-state index in [1.807, 2.05) is 0 Å². The van der Waals surface area contributed by atoms with Crippen LogP contribution in [0.4, 0.5) is 0 Å². The molecule has 0 aromatic carbocycles. The number of carboxylic acids is 1. The molecule has 1 heterocycles. The summed E-state index contributed by atoms with van der Waals surface area (Å²) in [5.74, 6) is -1.10. The van der Waals surface area contributed by atoms with Gasteiger partial charge in [-0.15, -0.1) is 11.3 Å². The topological polar surface area (TPSA) is 79.3 Å². The molecule has 82 valence electrons. The summed E-state index contributed by atoms with van der Waals surface area (Å²) < 4.78 is 0. The maximum absolute atomic E-state index is 11.0. The lowest BCUT2D eigenvalue weighted by Gasteiger charge is -1.98. The van der Waals surface area contributed by atoms with Crippen molar-refractivity contribution in [1.82, 2.24) is 10.3 Å². The molecule has 1 aromatic heterocycles. The van der Waals surface area contributed by atoms with Gasteiger partial charge in [0.15, 0.2) is 5.69 Å². The van der Waals surface area contributed by atoms with Gasteiger partial charge in [-0.3, -0.25) is 4.79 Å². The van der Waals surface area contributed by atoms with Crippen molar-refractivity contribution in [2.75, 3.05) is 0 Å². The third-order valence-electron chi connectivity index (χ3n) is 1.80. The molecule has 1 rings (SSSR count). The second-order valence-corrected chi connectivity index (χ2v) is 4.24. The third kappa shape index (κ3) is 3.02. The Morgan fingerprint density at radius 2 is 2.20 bits per heavy atom. The van der Waals surface area contributed by atoms with Crippen LogP contribution in [0.15, 0.2) is 0 Å². The molecule has 0 aliphatic rings. The Balaban J connectivity index is 2.67. The summed E-state index contributed by atoms with van der Waals surface area (Å²) in [5.41, 5.74) is 0.0701. The lowest BCUT2D eigenvalue weighted by atomic mass is 10.4. The SMILES string of the molecule is CCC(=O)NCc1nc(C(=O)O)c(C)s1. The second kappa shape index (κ2) is 4.88. The maximum atomic E-state index is 11.0. The van der Waals surface area contributed by atoms with Crippen molar-refractivity contribution in [3.8, 4) is 0 Å².